The molecule has 2 rings (SSSR count). The van der Waals surface area contributed by atoms with E-state index >= 15 is 0 Å². The second-order valence-corrected chi connectivity index (χ2v) is 4.48. The summed E-state index contributed by atoms with van der Waals surface area (Å²) in [5.74, 6) is -0.707. The first kappa shape index (κ1) is 10.1. The molecule has 0 aliphatic carbocycles. The van der Waals surface area contributed by atoms with E-state index in [4.69, 9.17) is 4.55 Å². The molecule has 1 atom stereocenters. The highest BCUT2D eigenvalue weighted by molar-refractivity contribution is 7.86. The zero-order valence-corrected chi connectivity index (χ0v) is 8.15. The van der Waals surface area contributed by atoms with E-state index in [1.165, 1.54) is 12.1 Å². The lowest BCUT2D eigenvalue weighted by atomic mass is 10.1. The summed E-state index contributed by atoms with van der Waals surface area (Å²) in [5.41, 5.74) is 0.0904. The Morgan fingerprint density at radius 3 is 2.60 bits per heavy atom. The molecule has 15 heavy (non-hydrogen) atoms. The zero-order chi connectivity index (χ0) is 11.2. The average Bonchev–Trinajstić information content (AvgIpc) is 2.41. The van der Waals surface area contributed by atoms with Crippen LogP contribution in [0.15, 0.2) is 23.1 Å². The topological polar surface area (TPSA) is 104 Å². The van der Waals surface area contributed by atoms with E-state index in [2.05, 4.69) is 5.32 Å². The molecule has 0 saturated heterocycles. The summed E-state index contributed by atoms with van der Waals surface area (Å²) in [6.07, 6.45) is -1.39. The quantitative estimate of drug-likeness (QED) is 0.584. The predicted molar refractivity (Wildman–Crippen MR) is 49.8 cm³/mol. The second-order valence-electron chi connectivity index (χ2n) is 3.09. The van der Waals surface area contributed by atoms with Crippen molar-refractivity contribution in [1.82, 2.24) is 0 Å². The van der Waals surface area contributed by atoms with Crippen molar-refractivity contribution >= 4 is 21.7 Å². The second kappa shape index (κ2) is 3.02. The minimum absolute atomic E-state index is 0.0579. The van der Waals surface area contributed by atoms with E-state index in [1.54, 1.807) is 0 Å². The number of fused-ring (bicyclic) bond motifs is 1. The first-order valence-corrected chi connectivity index (χ1v) is 5.44. The van der Waals surface area contributed by atoms with Gasteiger partial charge in [-0.1, -0.05) is 12.1 Å². The summed E-state index contributed by atoms with van der Waals surface area (Å²) in [5, 5.41) is 11.5. The number of hydrogen-bond acceptors (Lipinski definition) is 4. The summed E-state index contributed by atoms with van der Waals surface area (Å²) < 4.78 is 30.7. The molecule has 0 aromatic heterocycles. The highest BCUT2D eigenvalue weighted by atomic mass is 32.2. The van der Waals surface area contributed by atoms with Crippen LogP contribution in [-0.4, -0.2) is 24.0 Å². The van der Waals surface area contributed by atoms with Crippen molar-refractivity contribution in [2.75, 3.05) is 5.32 Å². The van der Waals surface area contributed by atoms with Crippen molar-refractivity contribution in [1.29, 1.82) is 0 Å². The maximum absolute atomic E-state index is 11.1. The molecule has 0 bridgehead atoms. The summed E-state index contributed by atoms with van der Waals surface area (Å²) in [6, 6.07) is 3.89. The van der Waals surface area contributed by atoms with E-state index in [-0.39, 0.29) is 11.3 Å². The Bertz CT molecular complexity index is 536. The number of carbonyl (C=O) groups excluding carboxylic acids is 1. The number of amides is 1. The number of rotatable bonds is 1. The highest BCUT2D eigenvalue weighted by Crippen LogP contribution is 2.35. The zero-order valence-electron chi connectivity index (χ0n) is 7.34. The van der Waals surface area contributed by atoms with Gasteiger partial charge < -0.3 is 10.4 Å². The molecule has 1 aromatic rings. The largest absolute Gasteiger partial charge is 0.378 e. The van der Waals surface area contributed by atoms with Gasteiger partial charge in [-0.2, -0.15) is 8.42 Å². The van der Waals surface area contributed by atoms with Gasteiger partial charge in [0.2, 0.25) is 0 Å². The van der Waals surface area contributed by atoms with Crippen LogP contribution in [0, 0.1) is 0 Å². The lowest BCUT2D eigenvalue weighted by Crippen LogP contribution is -2.11. The van der Waals surface area contributed by atoms with Gasteiger partial charge in [-0.15, -0.1) is 0 Å². The van der Waals surface area contributed by atoms with E-state index < -0.39 is 27.0 Å². The monoisotopic (exact) mass is 229 g/mol. The third-order valence-electron chi connectivity index (χ3n) is 2.13. The van der Waals surface area contributed by atoms with Crippen LogP contribution in [0.25, 0.3) is 0 Å². The van der Waals surface area contributed by atoms with Crippen LogP contribution in [-0.2, 0) is 14.9 Å². The Labute approximate surface area is 85.3 Å². The van der Waals surface area contributed by atoms with Crippen LogP contribution >= 0.6 is 0 Å². The van der Waals surface area contributed by atoms with Gasteiger partial charge in [-0.05, 0) is 6.07 Å². The molecule has 3 N–H and O–H groups in total. The standard InChI is InChI=1S/C8H7NO5S/c10-7-4-2-1-3-5(15(12,13)14)6(4)9-8(7)11/h1-3,7,10H,(H,9,11)(H,12,13,14)/t7-/m0/s1. The average molecular weight is 229 g/mol. The fourth-order valence-electron chi connectivity index (χ4n) is 1.46. The highest BCUT2D eigenvalue weighted by Gasteiger charge is 2.32. The van der Waals surface area contributed by atoms with Crippen LogP contribution in [0.2, 0.25) is 0 Å². The van der Waals surface area contributed by atoms with Crippen molar-refractivity contribution in [3.63, 3.8) is 0 Å². The number of anilines is 1. The molecular formula is C8H7NO5S. The Hall–Kier alpha value is -1.44. The summed E-state index contributed by atoms with van der Waals surface area (Å²) in [4.78, 5) is 10.7. The fourth-order valence-corrected chi connectivity index (χ4v) is 2.13. The number of carbonyl (C=O) groups is 1. The van der Waals surface area contributed by atoms with Crippen molar-refractivity contribution in [3.8, 4) is 0 Å². The van der Waals surface area contributed by atoms with E-state index in [1.807, 2.05) is 0 Å². The van der Waals surface area contributed by atoms with Crippen LogP contribution in [0.1, 0.15) is 11.7 Å². The molecule has 1 aliphatic rings. The Morgan fingerprint density at radius 2 is 2.00 bits per heavy atom. The lowest BCUT2D eigenvalue weighted by Gasteiger charge is -2.04. The maximum Gasteiger partial charge on any atom is 0.296 e. The van der Waals surface area contributed by atoms with Crippen LogP contribution < -0.4 is 5.32 Å². The molecule has 0 radical (unpaired) electrons. The minimum Gasteiger partial charge on any atom is -0.378 e. The third-order valence-corrected chi connectivity index (χ3v) is 3.02. The predicted octanol–water partition coefficient (Wildman–Crippen LogP) is -0.0812. The molecule has 6 nitrogen and oxygen atoms in total. The fraction of sp³-hybridized carbons (Fsp3) is 0.125. The maximum atomic E-state index is 11.1. The molecular weight excluding hydrogens is 222 g/mol. The van der Waals surface area contributed by atoms with Crippen LogP contribution in [0.4, 0.5) is 5.69 Å². The molecule has 1 aliphatic heterocycles. The molecule has 80 valence electrons. The van der Waals surface area contributed by atoms with E-state index in [9.17, 15) is 18.3 Å². The summed E-state index contributed by atoms with van der Waals surface area (Å²) in [6.45, 7) is 0. The molecule has 1 heterocycles. The minimum atomic E-state index is -4.40. The van der Waals surface area contributed by atoms with Gasteiger partial charge in [0, 0.05) is 5.56 Å². The summed E-state index contributed by atoms with van der Waals surface area (Å²) in [7, 11) is -4.40. The molecule has 0 unspecified atom stereocenters. The van der Waals surface area contributed by atoms with Crippen molar-refractivity contribution in [2.45, 2.75) is 11.0 Å². The third kappa shape index (κ3) is 1.50. The van der Waals surface area contributed by atoms with Crippen molar-refractivity contribution in [2.24, 2.45) is 0 Å². The molecule has 1 amide bonds. The molecule has 0 fully saturated rings. The first-order valence-electron chi connectivity index (χ1n) is 4.00. The normalized spacial score (nSPS) is 19.9. The number of aliphatic hydroxyl groups excluding tert-OH is 1. The number of benzene rings is 1. The SMILES string of the molecule is O=C1Nc2c(cccc2S(=O)(=O)O)[C@@H]1O. The molecule has 0 spiro atoms. The Balaban J connectivity index is 2.70. The van der Waals surface area contributed by atoms with Gasteiger partial charge >= 0.3 is 0 Å². The first-order chi connectivity index (χ1) is 6.91. The number of para-hydroxylation sites is 1. The molecule has 7 heteroatoms. The van der Waals surface area contributed by atoms with Gasteiger partial charge in [0.25, 0.3) is 16.0 Å². The Kier molecular flexibility index (Phi) is 2.03. The van der Waals surface area contributed by atoms with Crippen molar-refractivity contribution in [3.05, 3.63) is 23.8 Å². The van der Waals surface area contributed by atoms with Crippen LogP contribution in [0.5, 0.6) is 0 Å². The van der Waals surface area contributed by atoms with Gasteiger partial charge in [0.15, 0.2) is 6.10 Å². The number of nitrogens with one attached hydrogen (secondary N) is 1. The van der Waals surface area contributed by atoms with Crippen molar-refractivity contribution < 1.29 is 22.9 Å². The van der Waals surface area contributed by atoms with Gasteiger partial charge in [-0.25, -0.2) is 0 Å². The van der Waals surface area contributed by atoms with E-state index in [0.717, 1.165) is 6.07 Å². The number of hydrogen-bond donors (Lipinski definition) is 3. The lowest BCUT2D eigenvalue weighted by molar-refractivity contribution is -0.123. The molecule has 0 saturated carbocycles. The summed E-state index contributed by atoms with van der Waals surface area (Å²) >= 11 is 0. The van der Waals surface area contributed by atoms with Gasteiger partial charge in [-0.3, -0.25) is 9.35 Å². The van der Waals surface area contributed by atoms with E-state index in [0.29, 0.717) is 0 Å². The Morgan fingerprint density at radius 1 is 1.33 bits per heavy atom. The van der Waals surface area contributed by atoms with Gasteiger partial charge in [0.05, 0.1) is 5.69 Å². The number of aliphatic hydroxyl groups is 1. The van der Waals surface area contributed by atoms with Gasteiger partial charge in [0.1, 0.15) is 4.90 Å². The molecule has 1 aromatic carbocycles. The smallest absolute Gasteiger partial charge is 0.296 e. The van der Waals surface area contributed by atoms with Crippen LogP contribution in [0.3, 0.4) is 0 Å².